The van der Waals surface area contributed by atoms with Crippen LogP contribution in [0.2, 0.25) is 0 Å². The smallest absolute Gasteiger partial charge is 0.226 e. The fraction of sp³-hybridized carbons (Fsp3) is 0.300. The fourth-order valence-corrected chi connectivity index (χ4v) is 2.89. The molecule has 4 nitrogen and oxygen atoms in total. The first-order chi connectivity index (χ1) is 11.5. The fourth-order valence-electron chi connectivity index (χ4n) is 2.89. The van der Waals surface area contributed by atoms with Crippen LogP contribution in [-0.4, -0.2) is 15.5 Å². The van der Waals surface area contributed by atoms with Crippen LogP contribution in [0.3, 0.4) is 0 Å². The maximum absolute atomic E-state index is 12.3. The van der Waals surface area contributed by atoms with Crippen LogP contribution in [0.25, 0.3) is 11.0 Å². The number of rotatable bonds is 5. The molecule has 2 aromatic carbocycles. The Labute approximate surface area is 142 Å². The molecule has 0 fully saturated rings. The highest BCUT2D eigenvalue weighted by Crippen LogP contribution is 2.19. The summed E-state index contributed by atoms with van der Waals surface area (Å²) in [5, 5.41) is 2.99. The quantitative estimate of drug-likeness (QED) is 0.752. The third kappa shape index (κ3) is 3.48. The molecule has 0 saturated heterocycles. The molecule has 0 aliphatic heterocycles. The van der Waals surface area contributed by atoms with Gasteiger partial charge in [-0.15, -0.1) is 0 Å². The molecule has 0 unspecified atom stereocenters. The molecule has 0 atom stereocenters. The Balaban J connectivity index is 1.67. The molecule has 1 amide bonds. The largest absolute Gasteiger partial charge is 0.328 e. The number of carbonyl (C=O) groups excluding carboxylic acids is 1. The molecule has 0 aliphatic carbocycles. The van der Waals surface area contributed by atoms with Crippen LogP contribution < -0.4 is 5.32 Å². The second-order valence-electron chi connectivity index (χ2n) is 6.38. The van der Waals surface area contributed by atoms with Crippen molar-refractivity contribution in [2.75, 3.05) is 5.32 Å². The minimum atomic E-state index is 0.0214. The lowest BCUT2D eigenvalue weighted by molar-refractivity contribution is -0.116. The van der Waals surface area contributed by atoms with E-state index in [1.807, 2.05) is 49.4 Å². The Hall–Kier alpha value is -2.62. The summed E-state index contributed by atoms with van der Waals surface area (Å²) in [4.78, 5) is 16.8. The van der Waals surface area contributed by atoms with Gasteiger partial charge in [0.25, 0.3) is 0 Å². The third-order valence-corrected chi connectivity index (χ3v) is 4.24. The van der Waals surface area contributed by atoms with Crippen LogP contribution in [0.4, 0.5) is 5.69 Å². The number of amides is 1. The molecule has 24 heavy (non-hydrogen) atoms. The summed E-state index contributed by atoms with van der Waals surface area (Å²) in [6.45, 7) is 6.90. The number of benzene rings is 2. The highest BCUT2D eigenvalue weighted by Gasteiger charge is 2.09. The zero-order valence-corrected chi connectivity index (χ0v) is 14.4. The Morgan fingerprint density at radius 3 is 2.75 bits per heavy atom. The van der Waals surface area contributed by atoms with E-state index in [2.05, 4.69) is 34.8 Å². The summed E-state index contributed by atoms with van der Waals surface area (Å²) >= 11 is 0. The Morgan fingerprint density at radius 2 is 1.96 bits per heavy atom. The maximum Gasteiger partial charge on any atom is 0.226 e. The van der Waals surface area contributed by atoms with Gasteiger partial charge in [0.15, 0.2) is 0 Å². The molecular formula is C20H23N3O. The Morgan fingerprint density at radius 1 is 1.17 bits per heavy atom. The highest BCUT2D eigenvalue weighted by atomic mass is 16.1. The van der Waals surface area contributed by atoms with Crippen molar-refractivity contribution in [3.8, 4) is 0 Å². The van der Waals surface area contributed by atoms with E-state index in [1.54, 1.807) is 0 Å². The summed E-state index contributed by atoms with van der Waals surface area (Å²) < 4.78 is 2.10. The number of aryl methyl sites for hydroxylation is 2. The summed E-state index contributed by atoms with van der Waals surface area (Å²) in [7, 11) is 0. The van der Waals surface area contributed by atoms with Crippen molar-refractivity contribution < 1.29 is 4.79 Å². The van der Waals surface area contributed by atoms with Gasteiger partial charge in [0.2, 0.25) is 5.91 Å². The molecule has 4 heteroatoms. The van der Waals surface area contributed by atoms with E-state index in [-0.39, 0.29) is 5.91 Å². The van der Waals surface area contributed by atoms with Crippen LogP contribution in [0.15, 0.2) is 48.5 Å². The number of nitrogens with one attached hydrogen (secondary N) is 1. The number of anilines is 1. The van der Waals surface area contributed by atoms with E-state index in [0.29, 0.717) is 18.9 Å². The maximum atomic E-state index is 12.3. The van der Waals surface area contributed by atoms with Crippen LogP contribution in [-0.2, 0) is 11.3 Å². The van der Waals surface area contributed by atoms with Gasteiger partial charge in [0.1, 0.15) is 5.82 Å². The van der Waals surface area contributed by atoms with Crippen LogP contribution in [0.5, 0.6) is 0 Å². The first-order valence-electron chi connectivity index (χ1n) is 8.36. The summed E-state index contributed by atoms with van der Waals surface area (Å²) in [5.41, 5.74) is 4.13. The number of nitrogens with zero attached hydrogens (tertiary/aromatic N) is 2. The lowest BCUT2D eigenvalue weighted by Gasteiger charge is -2.10. The molecule has 1 heterocycles. The molecule has 0 spiro atoms. The SMILES string of the molecule is Cc1nc2ccccc2n1CCC(=O)Nc1cccc(C(C)C)c1. The van der Waals surface area contributed by atoms with Gasteiger partial charge in [-0.3, -0.25) is 4.79 Å². The lowest BCUT2D eigenvalue weighted by atomic mass is 10.0. The molecule has 0 radical (unpaired) electrons. The third-order valence-electron chi connectivity index (χ3n) is 4.24. The van der Waals surface area contributed by atoms with Gasteiger partial charge in [-0.25, -0.2) is 4.98 Å². The standard InChI is InChI=1S/C20H23N3O/c1-14(2)16-7-6-8-17(13-16)22-20(24)11-12-23-15(3)21-18-9-4-5-10-19(18)23/h4-10,13-14H,11-12H2,1-3H3,(H,22,24). The number of hydrogen-bond donors (Lipinski definition) is 1. The van der Waals surface area contributed by atoms with Crippen LogP contribution in [0, 0.1) is 6.92 Å². The normalized spacial score (nSPS) is 11.2. The average molecular weight is 321 g/mol. The minimum absolute atomic E-state index is 0.0214. The zero-order chi connectivity index (χ0) is 17.1. The van der Waals surface area contributed by atoms with Crippen molar-refractivity contribution in [2.45, 2.75) is 39.7 Å². The Kier molecular flexibility index (Phi) is 4.65. The minimum Gasteiger partial charge on any atom is -0.328 e. The molecule has 0 saturated carbocycles. The van der Waals surface area contributed by atoms with E-state index < -0.39 is 0 Å². The molecule has 0 aliphatic rings. The molecule has 124 valence electrons. The molecule has 3 rings (SSSR count). The molecule has 1 N–H and O–H groups in total. The van der Waals surface area contributed by atoms with Gasteiger partial charge in [0.05, 0.1) is 11.0 Å². The Bertz CT molecular complexity index is 864. The van der Waals surface area contributed by atoms with Crippen LogP contribution >= 0.6 is 0 Å². The van der Waals surface area contributed by atoms with E-state index >= 15 is 0 Å². The number of carbonyl (C=O) groups is 1. The van der Waals surface area contributed by atoms with Crippen molar-refractivity contribution in [2.24, 2.45) is 0 Å². The van der Waals surface area contributed by atoms with Gasteiger partial charge in [-0.2, -0.15) is 0 Å². The predicted molar refractivity (Wildman–Crippen MR) is 98.2 cm³/mol. The topological polar surface area (TPSA) is 46.9 Å². The van der Waals surface area contributed by atoms with Gasteiger partial charge in [-0.05, 0) is 42.7 Å². The summed E-state index contributed by atoms with van der Waals surface area (Å²) in [6.07, 6.45) is 0.424. The van der Waals surface area contributed by atoms with Crippen molar-refractivity contribution in [3.05, 3.63) is 59.9 Å². The van der Waals surface area contributed by atoms with Gasteiger partial charge in [-0.1, -0.05) is 38.1 Å². The monoisotopic (exact) mass is 321 g/mol. The average Bonchev–Trinajstić information content (AvgIpc) is 2.88. The number of fused-ring (bicyclic) bond motifs is 1. The molecule has 0 bridgehead atoms. The second-order valence-corrected chi connectivity index (χ2v) is 6.38. The first kappa shape index (κ1) is 16.2. The number of para-hydroxylation sites is 2. The van der Waals surface area contributed by atoms with Crippen molar-refractivity contribution >= 4 is 22.6 Å². The molecule has 3 aromatic rings. The van der Waals surface area contributed by atoms with E-state index in [1.165, 1.54) is 5.56 Å². The van der Waals surface area contributed by atoms with E-state index in [4.69, 9.17) is 0 Å². The predicted octanol–water partition coefficient (Wildman–Crippen LogP) is 4.50. The number of aromatic nitrogens is 2. The number of hydrogen-bond acceptors (Lipinski definition) is 2. The van der Waals surface area contributed by atoms with Crippen molar-refractivity contribution in [1.82, 2.24) is 9.55 Å². The highest BCUT2D eigenvalue weighted by molar-refractivity contribution is 5.90. The van der Waals surface area contributed by atoms with Crippen molar-refractivity contribution in [1.29, 1.82) is 0 Å². The number of imidazole rings is 1. The van der Waals surface area contributed by atoms with Crippen molar-refractivity contribution in [3.63, 3.8) is 0 Å². The first-order valence-corrected chi connectivity index (χ1v) is 8.36. The van der Waals surface area contributed by atoms with Gasteiger partial charge < -0.3 is 9.88 Å². The summed E-state index contributed by atoms with van der Waals surface area (Å²) in [5.74, 6) is 1.40. The van der Waals surface area contributed by atoms with E-state index in [0.717, 1.165) is 22.5 Å². The van der Waals surface area contributed by atoms with Gasteiger partial charge >= 0.3 is 0 Å². The molecular weight excluding hydrogens is 298 g/mol. The van der Waals surface area contributed by atoms with E-state index in [9.17, 15) is 4.79 Å². The zero-order valence-electron chi connectivity index (χ0n) is 14.4. The second kappa shape index (κ2) is 6.87. The lowest BCUT2D eigenvalue weighted by Crippen LogP contribution is -2.15. The van der Waals surface area contributed by atoms with Crippen LogP contribution in [0.1, 0.15) is 37.6 Å². The van der Waals surface area contributed by atoms with Gasteiger partial charge in [0, 0.05) is 18.7 Å². The molecule has 1 aromatic heterocycles. The summed E-state index contributed by atoms with van der Waals surface area (Å²) in [6, 6.07) is 16.1.